The number of esters is 2. The second-order valence-electron chi connectivity index (χ2n) is 5.30. The SMILES string of the molecule is CC(=O)Oc1ccccc1C(=O)O.[CH2-]OC(=O)CCCc1ccccc1.[Cl][Pt][Cl].[NH2-].[NH2-]. The van der Waals surface area contributed by atoms with E-state index in [1.54, 1.807) is 12.1 Å². The Kier molecular flexibility index (Phi) is 23.1. The minimum absolute atomic E-state index is 0. The molecule has 0 aliphatic heterocycles. The third-order valence-electron chi connectivity index (χ3n) is 3.22. The van der Waals surface area contributed by atoms with E-state index in [2.05, 4.69) is 28.7 Å². The number of carboxylic acid groups (broad SMARTS) is 1. The molecule has 0 spiro atoms. The normalized spacial score (nSPS) is 8.65. The summed E-state index contributed by atoms with van der Waals surface area (Å²) < 4.78 is 8.99. The first kappa shape index (κ1) is 33.7. The third kappa shape index (κ3) is 17.4. The Hall–Kier alpha value is -1.96. The molecule has 5 N–H and O–H groups in total. The number of aromatic carboxylic acids is 1. The molecule has 0 bridgehead atoms. The van der Waals surface area contributed by atoms with Gasteiger partial charge < -0.3 is 26.9 Å². The molecule has 0 fully saturated rings. The molecule has 0 aliphatic rings. The Labute approximate surface area is 198 Å². The third-order valence-corrected chi connectivity index (χ3v) is 3.22. The maximum Gasteiger partial charge on any atom is -0.693 e. The number of aryl methyl sites for hydroxylation is 1. The van der Waals surface area contributed by atoms with E-state index in [1.807, 2.05) is 18.2 Å². The average Bonchev–Trinajstić information content (AvgIpc) is 2.69. The van der Waals surface area contributed by atoms with E-state index in [1.165, 1.54) is 24.6 Å². The number of para-hydroxylation sites is 1. The fraction of sp³-hybridized carbons (Fsp3) is 0.200. The zero-order chi connectivity index (χ0) is 22.1. The number of carbonyl (C=O) groups is 3. The van der Waals surface area contributed by atoms with Gasteiger partial charge in [-0.1, -0.05) is 42.5 Å². The fourth-order valence-electron chi connectivity index (χ4n) is 2.04. The molecule has 0 amide bonds. The number of halogens is 2. The molecule has 0 radical (unpaired) electrons. The van der Waals surface area contributed by atoms with Crippen molar-refractivity contribution >= 4 is 36.7 Å². The average molecular weight is 655 g/mol. The molecule has 178 valence electrons. The molecule has 0 aliphatic carbocycles. The summed E-state index contributed by atoms with van der Waals surface area (Å²) in [6.07, 6.45) is 2.17. The number of hydrogen-bond acceptors (Lipinski definition) is 5. The van der Waals surface area contributed by atoms with E-state index < -0.39 is 28.4 Å². The molecule has 0 unspecified atom stereocenters. The van der Waals surface area contributed by atoms with Crippen molar-refractivity contribution in [3.05, 3.63) is 85.1 Å². The van der Waals surface area contributed by atoms with Gasteiger partial charge in [0.15, 0.2) is 0 Å². The van der Waals surface area contributed by atoms with Crippen LogP contribution in [0.2, 0.25) is 0 Å². The summed E-state index contributed by atoms with van der Waals surface area (Å²) in [5.74, 6) is -1.82. The van der Waals surface area contributed by atoms with Gasteiger partial charge in [-0.05, 0) is 30.5 Å². The largest absolute Gasteiger partial charge is 0.693 e. The van der Waals surface area contributed by atoms with Crippen LogP contribution >= 0.6 is 18.8 Å². The van der Waals surface area contributed by atoms with Gasteiger partial charge in [-0.15, -0.1) is 0 Å². The van der Waals surface area contributed by atoms with Gasteiger partial charge in [-0.2, -0.15) is 7.11 Å². The predicted molar refractivity (Wildman–Crippen MR) is 118 cm³/mol. The quantitative estimate of drug-likeness (QED) is 0.214. The van der Waals surface area contributed by atoms with Crippen LogP contribution in [-0.4, -0.2) is 23.0 Å². The second-order valence-corrected chi connectivity index (χ2v) is 8.58. The van der Waals surface area contributed by atoms with E-state index in [0.717, 1.165) is 12.8 Å². The van der Waals surface area contributed by atoms with Crippen molar-refractivity contribution in [3.8, 4) is 5.75 Å². The van der Waals surface area contributed by atoms with Crippen LogP contribution in [0.1, 0.15) is 35.7 Å². The van der Waals surface area contributed by atoms with E-state index in [9.17, 15) is 14.4 Å². The van der Waals surface area contributed by atoms with E-state index in [-0.39, 0.29) is 29.6 Å². The maximum atomic E-state index is 10.7. The Balaban J connectivity index is -0.000000424. The summed E-state index contributed by atoms with van der Waals surface area (Å²) >= 11 is -0.472. The molecule has 0 heterocycles. The number of rotatable bonds is 6. The zero-order valence-corrected chi connectivity index (χ0v) is 20.5. The van der Waals surface area contributed by atoms with Crippen LogP contribution < -0.4 is 4.74 Å². The minimum atomic E-state index is -1.11. The summed E-state index contributed by atoms with van der Waals surface area (Å²) in [5, 5.41) is 8.69. The summed E-state index contributed by atoms with van der Waals surface area (Å²) in [6, 6.07) is 16.1. The molecule has 11 heteroatoms. The number of nitrogens with two attached hydrogens (primary N) is 2. The number of carbonyl (C=O) groups excluding carboxylic acids is 2. The number of ether oxygens (including phenoxy) is 2. The molecule has 0 aromatic heterocycles. The first-order chi connectivity index (χ1) is 13.8. The summed E-state index contributed by atoms with van der Waals surface area (Å²) in [4.78, 5) is 31.9. The molecule has 31 heavy (non-hydrogen) atoms. The van der Waals surface area contributed by atoms with Gasteiger partial charge in [0.05, 0.1) is 0 Å². The summed E-state index contributed by atoms with van der Waals surface area (Å²) in [7, 11) is 12.8. The number of hydrogen-bond donors (Lipinski definition) is 1. The van der Waals surface area contributed by atoms with Crippen LogP contribution in [0.4, 0.5) is 0 Å². The molecule has 2 aromatic rings. The first-order valence-corrected chi connectivity index (χ1v) is 13.8. The molecule has 0 atom stereocenters. The second kappa shape index (κ2) is 21.3. The van der Waals surface area contributed by atoms with Crippen LogP contribution in [0.15, 0.2) is 54.6 Å². The van der Waals surface area contributed by atoms with Gasteiger partial charge in [0.25, 0.3) is 5.97 Å². The van der Waals surface area contributed by atoms with Crippen LogP contribution in [0, 0.1) is 7.11 Å². The molecule has 8 nitrogen and oxygen atoms in total. The van der Waals surface area contributed by atoms with Crippen molar-refractivity contribution in [2.45, 2.75) is 26.2 Å². The van der Waals surface area contributed by atoms with Crippen molar-refractivity contribution in [1.82, 2.24) is 0 Å². The smallest absolute Gasteiger partial charge is 0.693 e. The van der Waals surface area contributed by atoms with E-state index >= 15 is 0 Å². The molecule has 0 saturated carbocycles. The Morgan fingerprint density at radius 1 is 1.00 bits per heavy atom. The van der Waals surface area contributed by atoms with Crippen LogP contribution in [-0.2, 0) is 37.2 Å². The number of benzene rings is 2. The first-order valence-electron chi connectivity index (χ1n) is 8.17. The standard InChI is InChI=1S/C11H13O2.C9H8O4.2ClH.2H2N.Pt/c1-13-11(12)9-5-8-10-6-3-2-4-7-10;1-6(10)13-8-5-3-2-4-7(8)9(11)12;;;;;/h2-4,6-7H,1,5,8-9H2;2-5H,1H3,(H,11,12);2*1H;2*1H2;/q-1;;;;2*-1;+2/p-2. The maximum absolute atomic E-state index is 10.7. The summed E-state index contributed by atoms with van der Waals surface area (Å²) in [5.41, 5.74) is 1.23. The topological polar surface area (TPSA) is 157 Å². The molecule has 2 rings (SSSR count). The van der Waals surface area contributed by atoms with Crippen LogP contribution in [0.25, 0.3) is 12.3 Å². The van der Waals surface area contributed by atoms with Crippen molar-refractivity contribution in [2.75, 3.05) is 0 Å². The van der Waals surface area contributed by atoms with Gasteiger partial charge in [-0.3, -0.25) is 9.59 Å². The van der Waals surface area contributed by atoms with Gasteiger partial charge in [0, 0.05) is 13.3 Å². The Morgan fingerprint density at radius 3 is 2.00 bits per heavy atom. The van der Waals surface area contributed by atoms with Crippen molar-refractivity contribution in [3.63, 3.8) is 0 Å². The van der Waals surface area contributed by atoms with Crippen LogP contribution in [0.3, 0.4) is 0 Å². The molecular weight excluding hydrogens is 630 g/mol. The molecular formula is C20H25Cl2N2O6Pt-3. The zero-order valence-electron chi connectivity index (χ0n) is 16.7. The predicted octanol–water partition coefficient (Wildman–Crippen LogP) is 6.46. The van der Waals surface area contributed by atoms with Gasteiger partial charge in [0.1, 0.15) is 11.3 Å². The van der Waals surface area contributed by atoms with E-state index in [0.29, 0.717) is 6.42 Å². The Bertz CT molecular complexity index is 766. The monoisotopic (exact) mass is 654 g/mol. The fourth-order valence-corrected chi connectivity index (χ4v) is 2.04. The van der Waals surface area contributed by atoms with Gasteiger partial charge in [-0.25, -0.2) is 4.79 Å². The summed E-state index contributed by atoms with van der Waals surface area (Å²) in [6.45, 7) is 1.22. The molecule has 2 aromatic carbocycles. The minimum Gasteiger partial charge on any atom is -0.693 e. The van der Waals surface area contributed by atoms with Crippen molar-refractivity contribution in [1.29, 1.82) is 0 Å². The molecule has 0 saturated heterocycles. The Morgan fingerprint density at radius 2 is 1.52 bits per heavy atom. The van der Waals surface area contributed by atoms with Gasteiger partial charge >= 0.3 is 47.3 Å². The van der Waals surface area contributed by atoms with Gasteiger partial charge in [0.2, 0.25) is 0 Å². The number of carboxylic acids is 1. The van der Waals surface area contributed by atoms with Crippen LogP contribution in [0.5, 0.6) is 5.75 Å². The van der Waals surface area contributed by atoms with Crippen molar-refractivity contribution in [2.24, 2.45) is 0 Å². The van der Waals surface area contributed by atoms with E-state index in [4.69, 9.17) is 23.9 Å². The van der Waals surface area contributed by atoms with Crippen molar-refractivity contribution < 1.29 is 45.4 Å².